The zero-order valence-corrected chi connectivity index (χ0v) is 24.3. The van der Waals surface area contributed by atoms with Crippen LogP contribution in [-0.4, -0.2) is 43.1 Å². The summed E-state index contributed by atoms with van der Waals surface area (Å²) in [5, 5.41) is 19.4. The highest BCUT2D eigenvalue weighted by Crippen LogP contribution is 2.36. The number of carbonyl (C=O) groups is 2. The molecule has 12 heteroatoms. The first kappa shape index (κ1) is 28.4. The van der Waals surface area contributed by atoms with E-state index in [2.05, 4.69) is 55.8 Å². The summed E-state index contributed by atoms with van der Waals surface area (Å²) in [4.78, 5) is 27.4. The van der Waals surface area contributed by atoms with Gasteiger partial charge < -0.3 is 15.1 Å². The molecule has 37 heavy (non-hydrogen) atoms. The smallest absolute Gasteiger partial charge is 0.267 e. The summed E-state index contributed by atoms with van der Waals surface area (Å²) >= 11 is 7.05. The zero-order chi connectivity index (χ0) is 27.4. The molecule has 3 aromatic rings. The fourth-order valence-electron chi connectivity index (χ4n) is 3.12. The molecule has 9 nitrogen and oxygen atoms in total. The molecule has 0 saturated heterocycles. The summed E-state index contributed by atoms with van der Waals surface area (Å²) in [5.74, 6) is -0.688. The van der Waals surface area contributed by atoms with Crippen LogP contribution in [0.1, 0.15) is 40.8 Å². The maximum Gasteiger partial charge on any atom is 0.267 e. The summed E-state index contributed by atoms with van der Waals surface area (Å²) in [6.07, 6.45) is 3.72. The molecule has 1 aromatic carbocycles. The number of nitrogens with one attached hydrogen (secondary N) is 2. The SMILES string of the molecule is Cn1cc(C(=O)Nc2ccc(N(C#N)CCO[Si](C)(C)C(C)(C)C)cc2)c(NC(=O)c2ccc(Cl)s2)n1. The number of aromatic nitrogens is 2. The molecule has 3 rings (SSSR count). The number of carbonyl (C=O) groups excluding carboxylic acids is 2. The Bertz CT molecular complexity index is 1310. The van der Waals surface area contributed by atoms with Crippen LogP contribution in [-0.2, 0) is 11.5 Å². The van der Waals surface area contributed by atoms with Crippen LogP contribution in [0.3, 0.4) is 0 Å². The molecule has 0 bridgehead atoms. The Labute approximate surface area is 227 Å². The second kappa shape index (κ2) is 11.5. The van der Waals surface area contributed by atoms with Crippen molar-refractivity contribution in [3.05, 3.63) is 57.4 Å². The number of hydrogen-bond donors (Lipinski definition) is 2. The molecule has 2 heterocycles. The predicted molar refractivity (Wildman–Crippen MR) is 151 cm³/mol. The fraction of sp³-hybridized carbons (Fsp3) is 0.360. The lowest BCUT2D eigenvalue weighted by Crippen LogP contribution is -2.42. The van der Waals surface area contributed by atoms with E-state index in [0.29, 0.717) is 33.7 Å². The van der Waals surface area contributed by atoms with Gasteiger partial charge in [-0.25, -0.2) is 0 Å². The van der Waals surface area contributed by atoms with Crippen molar-refractivity contribution in [3.8, 4) is 6.19 Å². The second-order valence-electron chi connectivity index (χ2n) is 9.98. The molecule has 196 valence electrons. The van der Waals surface area contributed by atoms with E-state index in [1.54, 1.807) is 48.3 Å². The maximum absolute atomic E-state index is 13.0. The highest BCUT2D eigenvalue weighted by atomic mass is 35.5. The van der Waals surface area contributed by atoms with Crippen LogP contribution in [0.15, 0.2) is 42.6 Å². The Kier molecular flexibility index (Phi) is 8.81. The van der Waals surface area contributed by atoms with E-state index < -0.39 is 20.1 Å². The van der Waals surface area contributed by atoms with Crippen LogP contribution < -0.4 is 15.5 Å². The van der Waals surface area contributed by atoms with Gasteiger partial charge in [0, 0.05) is 18.9 Å². The average Bonchev–Trinajstić information content (AvgIpc) is 3.42. The summed E-state index contributed by atoms with van der Waals surface area (Å²) in [5.41, 5.74) is 1.45. The van der Waals surface area contributed by atoms with E-state index in [-0.39, 0.29) is 16.4 Å². The van der Waals surface area contributed by atoms with E-state index >= 15 is 0 Å². The second-order valence-corrected chi connectivity index (χ2v) is 16.5. The molecule has 0 fully saturated rings. The lowest BCUT2D eigenvalue weighted by molar-refractivity contribution is 0.102. The number of amides is 2. The van der Waals surface area contributed by atoms with Gasteiger partial charge in [0.15, 0.2) is 20.3 Å². The highest BCUT2D eigenvalue weighted by molar-refractivity contribution is 7.18. The molecular formula is C25H31ClN6O3SSi. The van der Waals surface area contributed by atoms with Crippen LogP contribution in [0.5, 0.6) is 0 Å². The van der Waals surface area contributed by atoms with E-state index in [4.69, 9.17) is 16.0 Å². The van der Waals surface area contributed by atoms with Gasteiger partial charge >= 0.3 is 0 Å². The number of nitrogens with zero attached hydrogens (tertiary/aromatic N) is 4. The van der Waals surface area contributed by atoms with Crippen molar-refractivity contribution in [3.63, 3.8) is 0 Å². The van der Waals surface area contributed by atoms with Gasteiger partial charge in [0.1, 0.15) is 5.56 Å². The van der Waals surface area contributed by atoms with Crippen LogP contribution in [0.2, 0.25) is 22.5 Å². The normalized spacial score (nSPS) is 11.6. The number of nitriles is 1. The summed E-state index contributed by atoms with van der Waals surface area (Å²) in [6, 6.07) is 10.2. The van der Waals surface area contributed by atoms with E-state index in [1.165, 1.54) is 10.9 Å². The molecule has 2 amide bonds. The summed E-state index contributed by atoms with van der Waals surface area (Å²) in [7, 11) is -0.237. The number of halogens is 1. The quantitative estimate of drug-likeness (QED) is 0.191. The molecule has 0 radical (unpaired) electrons. The van der Waals surface area contributed by atoms with Crippen LogP contribution in [0.4, 0.5) is 17.2 Å². The first-order valence-electron chi connectivity index (χ1n) is 11.6. The van der Waals surface area contributed by atoms with Crippen LogP contribution in [0.25, 0.3) is 0 Å². The lowest BCUT2D eigenvalue weighted by Gasteiger charge is -2.36. The largest absolute Gasteiger partial charge is 0.415 e. The van der Waals surface area contributed by atoms with Gasteiger partial charge in [-0.15, -0.1) is 11.3 Å². The first-order chi connectivity index (χ1) is 17.3. The molecule has 0 spiro atoms. The fourth-order valence-corrected chi connectivity index (χ4v) is 5.09. The molecule has 0 aliphatic heterocycles. The van der Waals surface area contributed by atoms with E-state index in [0.717, 1.165) is 11.3 Å². The third kappa shape index (κ3) is 7.20. The van der Waals surface area contributed by atoms with Crippen molar-refractivity contribution in [1.29, 1.82) is 5.26 Å². The third-order valence-electron chi connectivity index (χ3n) is 6.24. The topological polar surface area (TPSA) is 112 Å². The molecule has 0 atom stereocenters. The molecule has 2 aromatic heterocycles. The number of thiophene rings is 1. The van der Waals surface area contributed by atoms with Crippen molar-refractivity contribution < 1.29 is 14.0 Å². The van der Waals surface area contributed by atoms with Crippen molar-refractivity contribution in [2.75, 3.05) is 28.7 Å². The predicted octanol–water partition coefficient (Wildman–Crippen LogP) is 5.95. The number of rotatable bonds is 9. The monoisotopic (exact) mass is 558 g/mol. The van der Waals surface area contributed by atoms with Crippen molar-refractivity contribution in [2.24, 2.45) is 7.05 Å². The molecule has 2 N–H and O–H groups in total. The van der Waals surface area contributed by atoms with Crippen molar-refractivity contribution >= 4 is 60.3 Å². The van der Waals surface area contributed by atoms with E-state index in [9.17, 15) is 14.9 Å². The summed E-state index contributed by atoms with van der Waals surface area (Å²) in [6.45, 7) is 11.8. The Balaban J connectivity index is 1.63. The van der Waals surface area contributed by atoms with Crippen molar-refractivity contribution in [1.82, 2.24) is 9.78 Å². The number of benzene rings is 1. The minimum absolute atomic E-state index is 0.0962. The minimum atomic E-state index is -1.90. The average molecular weight is 559 g/mol. The third-order valence-corrected chi connectivity index (χ3v) is 12.0. The highest BCUT2D eigenvalue weighted by Gasteiger charge is 2.37. The van der Waals surface area contributed by atoms with Crippen LogP contribution in [0, 0.1) is 11.5 Å². The Hall–Kier alpha value is -3.17. The van der Waals surface area contributed by atoms with Gasteiger partial charge in [0.2, 0.25) is 0 Å². The summed E-state index contributed by atoms with van der Waals surface area (Å²) < 4.78 is 8.13. The van der Waals surface area contributed by atoms with Crippen molar-refractivity contribution in [2.45, 2.75) is 38.9 Å². The molecule has 0 aliphatic carbocycles. The van der Waals surface area contributed by atoms with Gasteiger partial charge in [-0.1, -0.05) is 32.4 Å². The molecule has 0 saturated carbocycles. The Morgan fingerprint density at radius 1 is 1.16 bits per heavy atom. The van der Waals surface area contributed by atoms with Gasteiger partial charge in [-0.3, -0.25) is 19.2 Å². The molecule has 0 unspecified atom stereocenters. The Morgan fingerprint density at radius 3 is 2.41 bits per heavy atom. The first-order valence-corrected chi connectivity index (χ1v) is 15.7. The number of anilines is 3. The Morgan fingerprint density at radius 2 is 1.84 bits per heavy atom. The standard InChI is InChI=1S/C25H31ClN6O3SSi/c1-25(2,3)37(5,6)35-14-13-32(16-27)18-9-7-17(8-10-18)28-23(33)19-15-31(4)30-22(19)29-24(34)20-11-12-21(26)36-20/h7-12,15H,13-14H2,1-6H3,(H,28,33)(H,29,30,34). The van der Waals surface area contributed by atoms with E-state index in [1.807, 2.05) is 0 Å². The van der Waals surface area contributed by atoms with Crippen LogP contribution >= 0.6 is 22.9 Å². The molecular weight excluding hydrogens is 528 g/mol. The van der Waals surface area contributed by atoms with Gasteiger partial charge in [0.05, 0.1) is 28.1 Å². The lowest BCUT2D eigenvalue weighted by atomic mass is 10.2. The number of hydrogen-bond acceptors (Lipinski definition) is 7. The van der Waals surface area contributed by atoms with Gasteiger partial charge in [0.25, 0.3) is 11.8 Å². The molecule has 0 aliphatic rings. The van der Waals surface area contributed by atoms with Gasteiger partial charge in [-0.05, 0) is 54.5 Å². The zero-order valence-electron chi connectivity index (χ0n) is 21.8. The number of aryl methyl sites for hydroxylation is 1. The maximum atomic E-state index is 13.0. The van der Waals surface area contributed by atoms with Gasteiger partial charge in [-0.2, -0.15) is 10.4 Å². The minimum Gasteiger partial charge on any atom is -0.415 e.